The molecule has 0 bridgehead atoms. The molecule has 1 aromatic rings. The molecule has 1 unspecified atom stereocenters. The fourth-order valence-electron chi connectivity index (χ4n) is 1.67. The quantitative estimate of drug-likeness (QED) is 0.650. The van der Waals surface area contributed by atoms with Gasteiger partial charge in [0.15, 0.2) is 0 Å². The topological polar surface area (TPSA) is 59.3 Å². The second kappa shape index (κ2) is 7.42. The number of aromatic nitrogens is 2. The van der Waals surface area contributed by atoms with Gasteiger partial charge in [0.25, 0.3) is 0 Å². The number of aliphatic hydroxyl groups excluding tert-OH is 1. The second-order valence-corrected chi connectivity index (χ2v) is 4.18. The van der Waals surface area contributed by atoms with E-state index >= 15 is 0 Å². The third kappa shape index (κ3) is 4.85. The van der Waals surface area contributed by atoms with E-state index in [1.807, 2.05) is 11.7 Å². The molecule has 0 aliphatic heterocycles. The Morgan fingerprint density at radius 3 is 2.94 bits per heavy atom. The number of aryl methyl sites for hydroxylation is 2. The van der Waals surface area contributed by atoms with Crippen LogP contribution in [0.3, 0.4) is 0 Å². The molecule has 0 radical (unpaired) electrons. The molecule has 0 saturated carbocycles. The first kappa shape index (κ1) is 14.2. The Hall–Kier alpha value is -0.910. The predicted molar refractivity (Wildman–Crippen MR) is 66.8 cm³/mol. The lowest BCUT2D eigenvalue weighted by atomic mass is 10.2. The largest absolute Gasteiger partial charge is 0.391 e. The van der Waals surface area contributed by atoms with Crippen LogP contribution in [0, 0.1) is 0 Å². The fourth-order valence-corrected chi connectivity index (χ4v) is 1.67. The molecule has 0 aliphatic carbocycles. The first-order valence-corrected chi connectivity index (χ1v) is 6.06. The molecule has 17 heavy (non-hydrogen) atoms. The fraction of sp³-hybridized carbons (Fsp3) is 0.750. The summed E-state index contributed by atoms with van der Waals surface area (Å²) in [6.07, 6.45) is 1.28. The van der Waals surface area contributed by atoms with Crippen LogP contribution in [0.4, 0.5) is 0 Å². The molecule has 5 heteroatoms. The maximum absolute atomic E-state index is 9.46. The molecular formula is C12H23N3O2. The Bertz CT molecular complexity index is 326. The van der Waals surface area contributed by atoms with E-state index in [1.165, 1.54) is 5.69 Å². The molecular weight excluding hydrogens is 218 g/mol. The summed E-state index contributed by atoms with van der Waals surface area (Å²) in [5, 5.41) is 17.1. The van der Waals surface area contributed by atoms with E-state index in [9.17, 15) is 5.11 Å². The monoisotopic (exact) mass is 241 g/mol. The van der Waals surface area contributed by atoms with Crippen molar-refractivity contribution in [2.45, 2.75) is 32.4 Å². The summed E-state index contributed by atoms with van der Waals surface area (Å²) in [6, 6.07) is 2.11. The van der Waals surface area contributed by atoms with Crippen LogP contribution in [-0.4, -0.2) is 41.3 Å². The van der Waals surface area contributed by atoms with Gasteiger partial charge in [-0.05, 0) is 25.5 Å². The Balaban J connectivity index is 2.23. The lowest BCUT2D eigenvalue weighted by molar-refractivity contribution is 0.0594. The Morgan fingerprint density at radius 1 is 1.59 bits per heavy atom. The van der Waals surface area contributed by atoms with Crippen LogP contribution in [0.2, 0.25) is 0 Å². The predicted octanol–water partition coefficient (Wildman–Crippen LogP) is 0.469. The number of ether oxygens (including phenoxy) is 1. The minimum Gasteiger partial charge on any atom is -0.391 e. The normalized spacial score (nSPS) is 12.9. The van der Waals surface area contributed by atoms with Gasteiger partial charge in [0.2, 0.25) is 0 Å². The van der Waals surface area contributed by atoms with Crippen LogP contribution in [0.1, 0.15) is 24.7 Å². The van der Waals surface area contributed by atoms with Crippen molar-refractivity contribution >= 4 is 0 Å². The van der Waals surface area contributed by atoms with Crippen molar-refractivity contribution in [1.82, 2.24) is 15.1 Å². The SMILES string of the molecule is CCc1cc(CNCCC(O)COC)n(C)n1. The van der Waals surface area contributed by atoms with Gasteiger partial charge in [-0.25, -0.2) is 0 Å². The van der Waals surface area contributed by atoms with Gasteiger partial charge in [-0.3, -0.25) is 4.68 Å². The van der Waals surface area contributed by atoms with Crippen molar-refractivity contribution in [3.8, 4) is 0 Å². The minimum absolute atomic E-state index is 0.384. The summed E-state index contributed by atoms with van der Waals surface area (Å²) in [6.45, 7) is 4.05. The van der Waals surface area contributed by atoms with Gasteiger partial charge in [0.1, 0.15) is 0 Å². The third-order valence-corrected chi connectivity index (χ3v) is 2.71. The van der Waals surface area contributed by atoms with Crippen LogP contribution in [0.5, 0.6) is 0 Å². The Labute approximate surface area is 103 Å². The third-order valence-electron chi connectivity index (χ3n) is 2.71. The molecule has 0 aromatic carbocycles. The summed E-state index contributed by atoms with van der Waals surface area (Å²) >= 11 is 0. The summed E-state index contributed by atoms with van der Waals surface area (Å²) in [5.41, 5.74) is 2.28. The maximum atomic E-state index is 9.46. The molecule has 2 N–H and O–H groups in total. The zero-order valence-electron chi connectivity index (χ0n) is 10.9. The Kier molecular flexibility index (Phi) is 6.18. The van der Waals surface area contributed by atoms with Gasteiger partial charge in [0, 0.05) is 20.7 Å². The van der Waals surface area contributed by atoms with Crippen molar-refractivity contribution < 1.29 is 9.84 Å². The van der Waals surface area contributed by atoms with E-state index in [0.29, 0.717) is 13.0 Å². The first-order valence-electron chi connectivity index (χ1n) is 6.06. The smallest absolute Gasteiger partial charge is 0.0785 e. The van der Waals surface area contributed by atoms with Gasteiger partial charge in [-0.2, -0.15) is 5.10 Å². The molecule has 5 nitrogen and oxygen atoms in total. The number of methoxy groups -OCH3 is 1. The van der Waals surface area contributed by atoms with Crippen molar-refractivity contribution in [3.63, 3.8) is 0 Å². The van der Waals surface area contributed by atoms with Crippen molar-refractivity contribution in [3.05, 3.63) is 17.5 Å². The lowest BCUT2D eigenvalue weighted by Gasteiger charge is -2.09. The first-order chi connectivity index (χ1) is 8.17. The number of aliphatic hydroxyl groups is 1. The van der Waals surface area contributed by atoms with Crippen LogP contribution >= 0.6 is 0 Å². The van der Waals surface area contributed by atoms with Crippen molar-refractivity contribution in [1.29, 1.82) is 0 Å². The van der Waals surface area contributed by atoms with Crippen LogP contribution in [0.15, 0.2) is 6.07 Å². The molecule has 0 saturated heterocycles. The van der Waals surface area contributed by atoms with E-state index in [-0.39, 0.29) is 6.10 Å². The van der Waals surface area contributed by atoms with Gasteiger partial charge in [-0.1, -0.05) is 6.92 Å². The molecule has 1 atom stereocenters. The standard InChI is InChI=1S/C12H23N3O2/c1-4-10-7-11(15(2)14-10)8-13-6-5-12(16)9-17-3/h7,12-13,16H,4-6,8-9H2,1-3H3. The number of hydrogen-bond donors (Lipinski definition) is 2. The highest BCUT2D eigenvalue weighted by Gasteiger charge is 2.05. The van der Waals surface area contributed by atoms with Gasteiger partial charge >= 0.3 is 0 Å². The zero-order chi connectivity index (χ0) is 12.7. The lowest BCUT2D eigenvalue weighted by Crippen LogP contribution is -2.23. The number of nitrogens with one attached hydrogen (secondary N) is 1. The van der Waals surface area contributed by atoms with Crippen LogP contribution in [0.25, 0.3) is 0 Å². The van der Waals surface area contributed by atoms with E-state index < -0.39 is 0 Å². The number of hydrogen-bond acceptors (Lipinski definition) is 4. The molecule has 0 aliphatic rings. The molecule has 0 amide bonds. The van der Waals surface area contributed by atoms with Gasteiger partial charge in [0.05, 0.1) is 24.1 Å². The molecule has 1 aromatic heterocycles. The van der Waals surface area contributed by atoms with Crippen LogP contribution < -0.4 is 5.32 Å². The van der Waals surface area contributed by atoms with E-state index in [2.05, 4.69) is 23.4 Å². The summed E-state index contributed by atoms with van der Waals surface area (Å²) in [5.74, 6) is 0. The maximum Gasteiger partial charge on any atom is 0.0785 e. The van der Waals surface area contributed by atoms with Gasteiger partial charge < -0.3 is 15.2 Å². The Morgan fingerprint density at radius 2 is 2.35 bits per heavy atom. The highest BCUT2D eigenvalue weighted by molar-refractivity contribution is 5.09. The summed E-state index contributed by atoms with van der Waals surface area (Å²) < 4.78 is 6.76. The summed E-state index contributed by atoms with van der Waals surface area (Å²) in [7, 11) is 3.55. The molecule has 98 valence electrons. The average molecular weight is 241 g/mol. The highest BCUT2D eigenvalue weighted by atomic mass is 16.5. The van der Waals surface area contributed by atoms with Crippen LogP contribution in [-0.2, 0) is 24.8 Å². The van der Waals surface area contributed by atoms with E-state index in [0.717, 1.165) is 25.2 Å². The average Bonchev–Trinajstić information content (AvgIpc) is 2.66. The number of rotatable bonds is 8. The highest BCUT2D eigenvalue weighted by Crippen LogP contribution is 2.03. The molecule has 0 fully saturated rings. The zero-order valence-corrected chi connectivity index (χ0v) is 10.9. The number of nitrogens with zero attached hydrogens (tertiary/aromatic N) is 2. The van der Waals surface area contributed by atoms with Crippen molar-refractivity contribution in [2.75, 3.05) is 20.3 Å². The molecule has 1 heterocycles. The van der Waals surface area contributed by atoms with Crippen molar-refractivity contribution in [2.24, 2.45) is 7.05 Å². The van der Waals surface area contributed by atoms with Gasteiger partial charge in [-0.15, -0.1) is 0 Å². The second-order valence-electron chi connectivity index (χ2n) is 4.18. The molecule has 0 spiro atoms. The minimum atomic E-state index is -0.384. The molecule has 1 rings (SSSR count). The van der Waals surface area contributed by atoms with E-state index in [4.69, 9.17) is 4.74 Å². The van der Waals surface area contributed by atoms with E-state index in [1.54, 1.807) is 7.11 Å². The summed E-state index contributed by atoms with van der Waals surface area (Å²) in [4.78, 5) is 0.